The molecule has 1 aliphatic carbocycles. The highest BCUT2D eigenvalue weighted by atomic mass is 16.4. The number of nitrogens with one attached hydrogen (secondary N) is 1. The zero-order valence-electron chi connectivity index (χ0n) is 11.4. The van der Waals surface area contributed by atoms with Crippen molar-refractivity contribution in [3.8, 4) is 6.07 Å². The second kappa shape index (κ2) is 6.98. The quantitative estimate of drug-likeness (QED) is 0.732. The molecule has 0 aliphatic heterocycles. The van der Waals surface area contributed by atoms with E-state index in [1.807, 2.05) is 19.9 Å². The minimum atomic E-state index is -1.02. The van der Waals surface area contributed by atoms with Crippen molar-refractivity contribution in [3.05, 3.63) is 0 Å². The number of aliphatic carboxylic acids is 1. The number of carboxylic acids is 1. The van der Waals surface area contributed by atoms with E-state index in [0.717, 1.165) is 12.8 Å². The molecule has 0 bridgehead atoms. The van der Waals surface area contributed by atoms with Gasteiger partial charge in [-0.25, -0.2) is 9.59 Å². The van der Waals surface area contributed by atoms with Gasteiger partial charge in [-0.3, -0.25) is 0 Å². The molecular formula is C13H21N3O3. The number of carboxylic acid groups (broad SMARTS) is 1. The van der Waals surface area contributed by atoms with Gasteiger partial charge in [0, 0.05) is 12.6 Å². The van der Waals surface area contributed by atoms with Gasteiger partial charge in [-0.2, -0.15) is 5.26 Å². The standard InChI is InChI=1S/C13H21N3O3/c1-9(2)8-11(12(17)18)15-13(19)16(7-3-6-14)10-4-5-10/h9-11H,3-5,7-8H2,1-2H3,(H,15,19)(H,17,18)/t11-/m0/s1. The normalized spacial score (nSPS) is 15.7. The number of amides is 2. The maximum atomic E-state index is 12.1. The van der Waals surface area contributed by atoms with E-state index < -0.39 is 12.0 Å². The second-order valence-corrected chi connectivity index (χ2v) is 5.30. The van der Waals surface area contributed by atoms with E-state index >= 15 is 0 Å². The van der Waals surface area contributed by atoms with Crippen LogP contribution in [0, 0.1) is 17.2 Å². The van der Waals surface area contributed by atoms with Gasteiger partial charge in [-0.15, -0.1) is 0 Å². The Balaban J connectivity index is 2.57. The van der Waals surface area contributed by atoms with Gasteiger partial charge < -0.3 is 15.3 Å². The van der Waals surface area contributed by atoms with Crippen molar-refractivity contribution in [1.82, 2.24) is 10.2 Å². The molecule has 0 heterocycles. The van der Waals surface area contributed by atoms with Crippen molar-refractivity contribution >= 4 is 12.0 Å². The molecule has 1 rings (SSSR count). The predicted molar refractivity (Wildman–Crippen MR) is 69.4 cm³/mol. The molecule has 0 spiro atoms. The lowest BCUT2D eigenvalue weighted by Crippen LogP contribution is -2.49. The van der Waals surface area contributed by atoms with E-state index in [9.17, 15) is 9.59 Å². The highest BCUT2D eigenvalue weighted by Crippen LogP contribution is 2.27. The van der Waals surface area contributed by atoms with E-state index in [-0.39, 0.29) is 24.4 Å². The van der Waals surface area contributed by atoms with Crippen molar-refractivity contribution in [2.75, 3.05) is 6.54 Å². The molecule has 6 heteroatoms. The third-order valence-corrected chi connectivity index (χ3v) is 3.02. The first-order valence-corrected chi connectivity index (χ1v) is 6.62. The van der Waals surface area contributed by atoms with Gasteiger partial charge in [0.05, 0.1) is 12.5 Å². The number of urea groups is 1. The van der Waals surface area contributed by atoms with Crippen LogP contribution in [0.1, 0.15) is 39.5 Å². The molecule has 2 amide bonds. The van der Waals surface area contributed by atoms with Crippen LogP contribution in [-0.2, 0) is 4.79 Å². The number of carbonyl (C=O) groups is 2. The smallest absolute Gasteiger partial charge is 0.326 e. The van der Waals surface area contributed by atoms with Crippen LogP contribution >= 0.6 is 0 Å². The molecule has 19 heavy (non-hydrogen) atoms. The van der Waals surface area contributed by atoms with Crippen molar-refractivity contribution in [1.29, 1.82) is 5.26 Å². The number of hydrogen-bond acceptors (Lipinski definition) is 3. The Bertz CT molecular complexity index is 372. The topological polar surface area (TPSA) is 93.4 Å². The summed E-state index contributed by atoms with van der Waals surface area (Å²) < 4.78 is 0. The molecule has 1 saturated carbocycles. The van der Waals surface area contributed by atoms with Crippen LogP contribution in [0.25, 0.3) is 0 Å². The van der Waals surface area contributed by atoms with Gasteiger partial charge >= 0.3 is 12.0 Å². The zero-order valence-corrected chi connectivity index (χ0v) is 11.4. The van der Waals surface area contributed by atoms with E-state index in [4.69, 9.17) is 10.4 Å². The summed E-state index contributed by atoms with van der Waals surface area (Å²) in [6.45, 7) is 4.19. The van der Waals surface area contributed by atoms with Crippen LogP contribution in [0.2, 0.25) is 0 Å². The molecule has 1 fully saturated rings. The fourth-order valence-electron chi connectivity index (χ4n) is 1.93. The van der Waals surface area contributed by atoms with Crippen molar-refractivity contribution < 1.29 is 14.7 Å². The molecule has 0 aromatic carbocycles. The first-order chi connectivity index (χ1) is 8.95. The van der Waals surface area contributed by atoms with Crippen molar-refractivity contribution in [3.63, 3.8) is 0 Å². The molecule has 1 aliphatic rings. The lowest BCUT2D eigenvalue weighted by molar-refractivity contribution is -0.139. The summed E-state index contributed by atoms with van der Waals surface area (Å²) in [5.74, 6) is -0.826. The van der Waals surface area contributed by atoms with Crippen LogP contribution in [0.5, 0.6) is 0 Å². The first kappa shape index (κ1) is 15.3. The summed E-state index contributed by atoms with van der Waals surface area (Å²) in [6, 6.07) is 0.940. The van der Waals surface area contributed by atoms with E-state index in [0.29, 0.717) is 13.0 Å². The number of carbonyl (C=O) groups excluding carboxylic acids is 1. The SMILES string of the molecule is CC(C)C[C@H](NC(=O)N(CCC#N)C1CC1)C(=O)O. The van der Waals surface area contributed by atoms with Crippen LogP contribution < -0.4 is 5.32 Å². The molecule has 0 radical (unpaired) electrons. The van der Waals surface area contributed by atoms with Gasteiger partial charge in [0.15, 0.2) is 0 Å². The van der Waals surface area contributed by atoms with Gasteiger partial charge in [-0.1, -0.05) is 13.8 Å². The van der Waals surface area contributed by atoms with Crippen LogP contribution in [0.4, 0.5) is 4.79 Å². The summed E-state index contributed by atoms with van der Waals surface area (Å²) in [4.78, 5) is 24.8. The Labute approximate surface area is 113 Å². The highest BCUT2D eigenvalue weighted by molar-refractivity contribution is 5.82. The summed E-state index contributed by atoms with van der Waals surface area (Å²) in [5, 5.41) is 20.2. The van der Waals surface area contributed by atoms with E-state index in [1.54, 1.807) is 4.90 Å². The summed E-state index contributed by atoms with van der Waals surface area (Å²) >= 11 is 0. The molecule has 1 atom stereocenters. The Hall–Kier alpha value is -1.77. The molecular weight excluding hydrogens is 246 g/mol. The first-order valence-electron chi connectivity index (χ1n) is 6.62. The molecule has 0 saturated heterocycles. The van der Waals surface area contributed by atoms with Crippen LogP contribution in [0.15, 0.2) is 0 Å². The number of hydrogen-bond donors (Lipinski definition) is 2. The lowest BCUT2D eigenvalue weighted by atomic mass is 10.0. The molecule has 0 aromatic rings. The molecule has 0 aromatic heterocycles. The summed E-state index contributed by atoms with van der Waals surface area (Å²) in [6.07, 6.45) is 2.53. The minimum absolute atomic E-state index is 0.168. The third-order valence-electron chi connectivity index (χ3n) is 3.02. The highest BCUT2D eigenvalue weighted by Gasteiger charge is 2.34. The summed E-state index contributed by atoms with van der Waals surface area (Å²) in [5.41, 5.74) is 0. The predicted octanol–water partition coefficient (Wildman–Crippen LogP) is 1.57. The maximum Gasteiger partial charge on any atom is 0.326 e. The van der Waals surface area contributed by atoms with E-state index in [1.165, 1.54) is 0 Å². The van der Waals surface area contributed by atoms with Gasteiger partial charge in [0.2, 0.25) is 0 Å². The average Bonchev–Trinajstić information content (AvgIpc) is 3.12. The van der Waals surface area contributed by atoms with Gasteiger partial charge in [0.1, 0.15) is 6.04 Å². The van der Waals surface area contributed by atoms with Crippen LogP contribution in [0.3, 0.4) is 0 Å². The number of rotatable bonds is 7. The average molecular weight is 267 g/mol. The third kappa shape index (κ3) is 5.16. The fourth-order valence-corrected chi connectivity index (χ4v) is 1.93. The maximum absolute atomic E-state index is 12.1. The Morgan fingerprint density at radius 3 is 2.53 bits per heavy atom. The van der Waals surface area contributed by atoms with Crippen molar-refractivity contribution in [2.24, 2.45) is 5.92 Å². The van der Waals surface area contributed by atoms with E-state index in [2.05, 4.69) is 5.32 Å². The van der Waals surface area contributed by atoms with Crippen molar-refractivity contribution in [2.45, 2.75) is 51.6 Å². The number of nitrogens with zero attached hydrogens (tertiary/aromatic N) is 2. The van der Waals surface area contributed by atoms with Gasteiger partial charge in [0.25, 0.3) is 0 Å². The number of nitriles is 1. The monoisotopic (exact) mass is 267 g/mol. The molecule has 2 N–H and O–H groups in total. The zero-order chi connectivity index (χ0) is 14.4. The largest absolute Gasteiger partial charge is 0.480 e. The molecule has 6 nitrogen and oxygen atoms in total. The lowest BCUT2D eigenvalue weighted by Gasteiger charge is -2.25. The fraction of sp³-hybridized carbons (Fsp3) is 0.769. The Morgan fingerprint density at radius 1 is 1.47 bits per heavy atom. The van der Waals surface area contributed by atoms with Crippen LogP contribution in [-0.4, -0.2) is 40.6 Å². The molecule has 106 valence electrons. The second-order valence-electron chi connectivity index (χ2n) is 5.30. The van der Waals surface area contributed by atoms with Gasteiger partial charge in [-0.05, 0) is 25.2 Å². The Kier molecular flexibility index (Phi) is 5.61. The minimum Gasteiger partial charge on any atom is -0.480 e. The Morgan fingerprint density at radius 2 is 2.11 bits per heavy atom. The molecule has 0 unspecified atom stereocenters. The summed E-state index contributed by atoms with van der Waals surface area (Å²) in [7, 11) is 0.